The maximum absolute atomic E-state index is 11.8. The van der Waals surface area contributed by atoms with Gasteiger partial charge in [-0.15, -0.1) is 0 Å². The normalized spacial score (nSPS) is 20.3. The number of aliphatic carboxylic acids is 1. The summed E-state index contributed by atoms with van der Waals surface area (Å²) in [6.45, 7) is 0.491. The van der Waals surface area contributed by atoms with E-state index in [0.717, 1.165) is 5.56 Å². The van der Waals surface area contributed by atoms with E-state index in [9.17, 15) is 9.59 Å². The Labute approximate surface area is 135 Å². The zero-order chi connectivity index (χ0) is 16.7. The fourth-order valence-corrected chi connectivity index (χ4v) is 2.84. The summed E-state index contributed by atoms with van der Waals surface area (Å²) in [6, 6.07) is 9.23. The standard InChI is InChI=1S/C17H21N3O3/c18-11-13-3-1-2-12(10-13)8-9-19-17(23)20-15-6-4-14(5-7-15)16(21)22/h1-3,10,14-15H,4-9H2,(H,21,22)(H2,19,20,23). The van der Waals surface area contributed by atoms with E-state index in [2.05, 4.69) is 16.7 Å². The molecule has 1 aromatic carbocycles. The second kappa shape index (κ2) is 8.18. The van der Waals surface area contributed by atoms with E-state index in [-0.39, 0.29) is 18.0 Å². The highest BCUT2D eigenvalue weighted by Crippen LogP contribution is 2.24. The van der Waals surface area contributed by atoms with Crippen molar-refractivity contribution in [2.45, 2.75) is 38.1 Å². The van der Waals surface area contributed by atoms with Crippen LogP contribution in [0, 0.1) is 17.2 Å². The molecule has 3 N–H and O–H groups in total. The van der Waals surface area contributed by atoms with Crippen LogP contribution in [0.3, 0.4) is 0 Å². The monoisotopic (exact) mass is 315 g/mol. The minimum atomic E-state index is -0.743. The van der Waals surface area contributed by atoms with Crippen LogP contribution in [0.25, 0.3) is 0 Å². The number of carboxylic acid groups (broad SMARTS) is 1. The molecule has 0 aromatic heterocycles. The number of nitrogens with zero attached hydrogens (tertiary/aromatic N) is 1. The lowest BCUT2D eigenvalue weighted by Crippen LogP contribution is -2.44. The largest absolute Gasteiger partial charge is 0.481 e. The summed E-state index contributed by atoms with van der Waals surface area (Å²) in [5.41, 5.74) is 1.62. The first-order valence-corrected chi connectivity index (χ1v) is 7.84. The number of carboxylic acids is 1. The number of hydrogen-bond acceptors (Lipinski definition) is 3. The topological polar surface area (TPSA) is 102 Å². The molecule has 1 aliphatic rings. The fraction of sp³-hybridized carbons (Fsp3) is 0.471. The SMILES string of the molecule is N#Cc1cccc(CCNC(=O)NC2CCC(C(=O)O)CC2)c1. The summed E-state index contributed by atoms with van der Waals surface area (Å²) in [4.78, 5) is 22.7. The fourth-order valence-electron chi connectivity index (χ4n) is 2.84. The third-order valence-electron chi connectivity index (χ3n) is 4.17. The van der Waals surface area contributed by atoms with Gasteiger partial charge in [0.15, 0.2) is 0 Å². The van der Waals surface area contributed by atoms with Crippen molar-refractivity contribution in [3.63, 3.8) is 0 Å². The molecule has 1 aliphatic carbocycles. The van der Waals surface area contributed by atoms with Crippen molar-refractivity contribution < 1.29 is 14.7 Å². The summed E-state index contributed by atoms with van der Waals surface area (Å²) >= 11 is 0. The van der Waals surface area contributed by atoms with Gasteiger partial charge in [-0.1, -0.05) is 12.1 Å². The van der Waals surface area contributed by atoms with Gasteiger partial charge in [-0.2, -0.15) is 5.26 Å². The molecule has 6 heteroatoms. The molecular weight excluding hydrogens is 294 g/mol. The number of benzene rings is 1. The Morgan fingerprint density at radius 1 is 1.26 bits per heavy atom. The Morgan fingerprint density at radius 2 is 2.00 bits per heavy atom. The molecular formula is C17H21N3O3. The van der Waals surface area contributed by atoms with Gasteiger partial charge in [0.1, 0.15) is 0 Å². The zero-order valence-electron chi connectivity index (χ0n) is 12.9. The molecule has 0 saturated heterocycles. The van der Waals surface area contributed by atoms with Crippen molar-refractivity contribution in [1.82, 2.24) is 10.6 Å². The van der Waals surface area contributed by atoms with E-state index in [1.54, 1.807) is 6.07 Å². The predicted molar refractivity (Wildman–Crippen MR) is 84.8 cm³/mol. The van der Waals surface area contributed by atoms with E-state index < -0.39 is 5.97 Å². The quantitative estimate of drug-likeness (QED) is 0.773. The second-order valence-electron chi connectivity index (χ2n) is 5.85. The van der Waals surface area contributed by atoms with Gasteiger partial charge in [-0.3, -0.25) is 4.79 Å². The van der Waals surface area contributed by atoms with Crippen LogP contribution in [0.1, 0.15) is 36.8 Å². The zero-order valence-corrected chi connectivity index (χ0v) is 12.9. The summed E-state index contributed by atoms with van der Waals surface area (Å²) in [6.07, 6.45) is 3.29. The van der Waals surface area contributed by atoms with E-state index in [1.165, 1.54) is 0 Å². The number of urea groups is 1. The Bertz CT molecular complexity index is 601. The third-order valence-corrected chi connectivity index (χ3v) is 4.17. The van der Waals surface area contributed by atoms with Crippen LogP contribution in [0.5, 0.6) is 0 Å². The minimum Gasteiger partial charge on any atom is -0.481 e. The van der Waals surface area contributed by atoms with Crippen LogP contribution in [0.2, 0.25) is 0 Å². The van der Waals surface area contributed by atoms with Crippen molar-refractivity contribution in [3.8, 4) is 6.07 Å². The van der Waals surface area contributed by atoms with E-state index >= 15 is 0 Å². The van der Waals surface area contributed by atoms with Crippen molar-refractivity contribution >= 4 is 12.0 Å². The van der Waals surface area contributed by atoms with Crippen LogP contribution in [0.15, 0.2) is 24.3 Å². The molecule has 0 spiro atoms. The average Bonchev–Trinajstić information content (AvgIpc) is 2.55. The molecule has 0 unspecified atom stereocenters. The summed E-state index contributed by atoms with van der Waals surface area (Å²) in [5.74, 6) is -1.02. The van der Waals surface area contributed by atoms with Crippen LogP contribution in [-0.2, 0) is 11.2 Å². The average molecular weight is 315 g/mol. The molecule has 2 rings (SSSR count). The Kier molecular flexibility index (Phi) is 5.98. The molecule has 122 valence electrons. The van der Waals surface area contributed by atoms with Gasteiger partial charge in [0.05, 0.1) is 17.6 Å². The van der Waals surface area contributed by atoms with E-state index in [1.807, 2.05) is 18.2 Å². The van der Waals surface area contributed by atoms with Crippen LogP contribution in [0.4, 0.5) is 4.79 Å². The summed E-state index contributed by atoms with van der Waals surface area (Å²) < 4.78 is 0. The smallest absolute Gasteiger partial charge is 0.315 e. The first kappa shape index (κ1) is 16.8. The Morgan fingerprint density at radius 3 is 2.65 bits per heavy atom. The highest BCUT2D eigenvalue weighted by atomic mass is 16.4. The summed E-state index contributed by atoms with van der Waals surface area (Å²) in [7, 11) is 0. The number of carbonyl (C=O) groups is 2. The third kappa shape index (κ3) is 5.29. The van der Waals surface area contributed by atoms with Gasteiger partial charge < -0.3 is 15.7 Å². The van der Waals surface area contributed by atoms with Crippen molar-refractivity contribution in [2.75, 3.05) is 6.54 Å². The molecule has 0 bridgehead atoms. The number of carbonyl (C=O) groups excluding carboxylic acids is 1. The maximum atomic E-state index is 11.8. The number of hydrogen-bond donors (Lipinski definition) is 3. The van der Waals surface area contributed by atoms with Gasteiger partial charge in [0.25, 0.3) is 0 Å². The van der Waals surface area contributed by atoms with Crippen LogP contribution in [-0.4, -0.2) is 29.7 Å². The molecule has 0 atom stereocenters. The number of nitriles is 1. The van der Waals surface area contributed by atoms with Gasteiger partial charge in [0, 0.05) is 12.6 Å². The van der Waals surface area contributed by atoms with E-state index in [4.69, 9.17) is 10.4 Å². The molecule has 6 nitrogen and oxygen atoms in total. The highest BCUT2D eigenvalue weighted by Gasteiger charge is 2.26. The molecule has 0 aliphatic heterocycles. The van der Waals surface area contributed by atoms with Crippen molar-refractivity contribution in [2.24, 2.45) is 5.92 Å². The number of rotatable bonds is 5. The molecule has 0 heterocycles. The van der Waals surface area contributed by atoms with Gasteiger partial charge in [0.2, 0.25) is 0 Å². The molecule has 2 amide bonds. The minimum absolute atomic E-state index is 0.0486. The lowest BCUT2D eigenvalue weighted by molar-refractivity contribution is -0.142. The summed E-state index contributed by atoms with van der Waals surface area (Å²) in [5, 5.41) is 23.5. The lowest BCUT2D eigenvalue weighted by Gasteiger charge is -2.26. The van der Waals surface area contributed by atoms with Gasteiger partial charge in [-0.25, -0.2) is 4.79 Å². The van der Waals surface area contributed by atoms with Gasteiger partial charge >= 0.3 is 12.0 Å². The van der Waals surface area contributed by atoms with Crippen LogP contribution >= 0.6 is 0 Å². The molecule has 1 fully saturated rings. The number of nitrogens with one attached hydrogen (secondary N) is 2. The van der Waals surface area contributed by atoms with Crippen molar-refractivity contribution in [1.29, 1.82) is 5.26 Å². The first-order valence-electron chi connectivity index (χ1n) is 7.84. The molecule has 1 saturated carbocycles. The number of amides is 2. The second-order valence-corrected chi connectivity index (χ2v) is 5.85. The van der Waals surface area contributed by atoms with E-state index in [0.29, 0.717) is 44.2 Å². The lowest BCUT2D eigenvalue weighted by atomic mass is 9.86. The van der Waals surface area contributed by atoms with Crippen molar-refractivity contribution in [3.05, 3.63) is 35.4 Å². The predicted octanol–water partition coefficient (Wildman–Crippen LogP) is 2.04. The molecule has 1 aromatic rings. The Hall–Kier alpha value is -2.55. The Balaban J connectivity index is 1.67. The van der Waals surface area contributed by atoms with Crippen LogP contribution < -0.4 is 10.6 Å². The maximum Gasteiger partial charge on any atom is 0.315 e. The molecule has 0 radical (unpaired) electrons. The highest BCUT2D eigenvalue weighted by molar-refractivity contribution is 5.74. The van der Waals surface area contributed by atoms with Gasteiger partial charge in [-0.05, 0) is 49.8 Å². The first-order chi connectivity index (χ1) is 11.1. The molecule has 23 heavy (non-hydrogen) atoms.